The van der Waals surface area contributed by atoms with E-state index in [1.165, 1.54) is 11.3 Å². The van der Waals surface area contributed by atoms with Crippen LogP contribution in [0, 0.1) is 0 Å². The zero-order valence-electron chi connectivity index (χ0n) is 12.3. The van der Waals surface area contributed by atoms with E-state index in [0.29, 0.717) is 30.1 Å². The van der Waals surface area contributed by atoms with Gasteiger partial charge in [-0.15, -0.1) is 11.3 Å². The molecule has 6 heteroatoms. The molecule has 1 heterocycles. The second-order valence-corrected chi connectivity index (χ2v) is 5.60. The highest BCUT2D eigenvalue weighted by Crippen LogP contribution is 2.14. The molecule has 0 saturated carbocycles. The van der Waals surface area contributed by atoms with Gasteiger partial charge in [-0.3, -0.25) is 9.59 Å². The molecule has 2 N–H and O–H groups in total. The van der Waals surface area contributed by atoms with Gasteiger partial charge in [-0.05, 0) is 29.1 Å². The summed E-state index contributed by atoms with van der Waals surface area (Å²) in [6.07, 6.45) is 0.308. The van der Waals surface area contributed by atoms with E-state index in [0.717, 1.165) is 5.56 Å². The number of amides is 2. The number of hydrogen-bond acceptors (Lipinski definition) is 4. The van der Waals surface area contributed by atoms with Gasteiger partial charge < -0.3 is 15.4 Å². The molecule has 0 radical (unpaired) electrons. The van der Waals surface area contributed by atoms with Crippen molar-refractivity contribution >= 4 is 28.8 Å². The van der Waals surface area contributed by atoms with Crippen LogP contribution in [-0.4, -0.2) is 32.1 Å². The molecule has 2 rings (SSSR count). The summed E-state index contributed by atoms with van der Waals surface area (Å²) < 4.78 is 4.87. The van der Waals surface area contributed by atoms with E-state index in [1.807, 2.05) is 23.6 Å². The van der Waals surface area contributed by atoms with Gasteiger partial charge in [0.2, 0.25) is 5.91 Å². The molecule has 0 fully saturated rings. The largest absolute Gasteiger partial charge is 0.383 e. The highest BCUT2D eigenvalue weighted by molar-refractivity contribution is 7.12. The van der Waals surface area contributed by atoms with Crippen molar-refractivity contribution in [2.45, 2.75) is 6.42 Å². The molecule has 0 bridgehead atoms. The molecule has 2 aromatic rings. The number of methoxy groups -OCH3 is 1. The minimum absolute atomic E-state index is 0.0487. The number of benzene rings is 1. The first-order valence-electron chi connectivity index (χ1n) is 6.88. The molecule has 0 aliphatic carbocycles. The van der Waals surface area contributed by atoms with Crippen LogP contribution in [0.2, 0.25) is 0 Å². The first-order chi connectivity index (χ1) is 10.7. The van der Waals surface area contributed by atoms with E-state index < -0.39 is 0 Å². The zero-order chi connectivity index (χ0) is 15.8. The molecule has 22 heavy (non-hydrogen) atoms. The van der Waals surface area contributed by atoms with E-state index in [9.17, 15) is 9.59 Å². The molecule has 0 unspecified atom stereocenters. The third kappa shape index (κ3) is 4.98. The molecule has 2 amide bonds. The Labute approximate surface area is 133 Å². The van der Waals surface area contributed by atoms with Gasteiger partial charge in [-0.2, -0.15) is 0 Å². The van der Waals surface area contributed by atoms with Crippen LogP contribution in [0.25, 0.3) is 0 Å². The number of hydrogen-bond donors (Lipinski definition) is 2. The monoisotopic (exact) mass is 318 g/mol. The van der Waals surface area contributed by atoms with Crippen molar-refractivity contribution in [2.75, 3.05) is 25.6 Å². The molecule has 1 aromatic carbocycles. The van der Waals surface area contributed by atoms with E-state index >= 15 is 0 Å². The number of anilines is 1. The molecule has 116 valence electrons. The lowest BCUT2D eigenvalue weighted by Gasteiger charge is -2.07. The summed E-state index contributed by atoms with van der Waals surface area (Å²) in [7, 11) is 1.59. The standard InChI is InChI=1S/C16H18N2O3S/c1-21-9-8-17-15(19)11-12-4-6-13(7-5-12)18-16(20)14-3-2-10-22-14/h2-7,10H,8-9,11H2,1H3,(H,17,19)(H,18,20). The first kappa shape index (κ1) is 16.2. The summed E-state index contributed by atoms with van der Waals surface area (Å²) in [5.74, 6) is -0.174. The van der Waals surface area contributed by atoms with Crippen LogP contribution in [0.1, 0.15) is 15.2 Å². The fraction of sp³-hybridized carbons (Fsp3) is 0.250. The molecule has 0 aliphatic rings. The van der Waals surface area contributed by atoms with Crippen LogP contribution in [0.15, 0.2) is 41.8 Å². The van der Waals surface area contributed by atoms with Gasteiger partial charge >= 0.3 is 0 Å². The van der Waals surface area contributed by atoms with Crippen LogP contribution < -0.4 is 10.6 Å². The van der Waals surface area contributed by atoms with Crippen molar-refractivity contribution in [1.82, 2.24) is 5.32 Å². The van der Waals surface area contributed by atoms with E-state index in [4.69, 9.17) is 4.74 Å². The van der Waals surface area contributed by atoms with Crippen molar-refractivity contribution in [3.8, 4) is 0 Å². The lowest BCUT2D eigenvalue weighted by molar-refractivity contribution is -0.120. The Morgan fingerprint density at radius 2 is 1.95 bits per heavy atom. The van der Waals surface area contributed by atoms with Crippen molar-refractivity contribution < 1.29 is 14.3 Å². The minimum Gasteiger partial charge on any atom is -0.383 e. The Balaban J connectivity index is 1.85. The molecular weight excluding hydrogens is 300 g/mol. The van der Waals surface area contributed by atoms with Gasteiger partial charge in [-0.25, -0.2) is 0 Å². The van der Waals surface area contributed by atoms with Crippen LogP contribution in [0.4, 0.5) is 5.69 Å². The summed E-state index contributed by atoms with van der Waals surface area (Å²) in [6, 6.07) is 10.9. The zero-order valence-corrected chi connectivity index (χ0v) is 13.1. The van der Waals surface area contributed by atoms with Crippen LogP contribution in [0.5, 0.6) is 0 Å². The van der Waals surface area contributed by atoms with Crippen LogP contribution >= 0.6 is 11.3 Å². The second-order valence-electron chi connectivity index (χ2n) is 4.65. The third-order valence-corrected chi connectivity index (χ3v) is 3.82. The highest BCUT2D eigenvalue weighted by Gasteiger charge is 2.07. The minimum atomic E-state index is -0.125. The Morgan fingerprint density at radius 1 is 1.18 bits per heavy atom. The number of rotatable bonds is 7. The summed E-state index contributed by atoms with van der Waals surface area (Å²) in [6.45, 7) is 1.00. The Bertz CT molecular complexity index is 609. The number of ether oxygens (including phenoxy) is 1. The summed E-state index contributed by atoms with van der Waals surface area (Å²) >= 11 is 1.40. The van der Waals surface area contributed by atoms with Gasteiger partial charge in [0.05, 0.1) is 17.9 Å². The lowest BCUT2D eigenvalue weighted by Crippen LogP contribution is -2.28. The SMILES string of the molecule is COCCNC(=O)Cc1ccc(NC(=O)c2cccs2)cc1. The lowest BCUT2D eigenvalue weighted by atomic mass is 10.1. The molecule has 1 aromatic heterocycles. The summed E-state index contributed by atoms with van der Waals surface area (Å²) in [5, 5.41) is 7.45. The second kappa shape index (κ2) is 8.31. The van der Waals surface area contributed by atoms with Crippen LogP contribution in [-0.2, 0) is 16.0 Å². The van der Waals surface area contributed by atoms with Gasteiger partial charge in [0.25, 0.3) is 5.91 Å². The summed E-state index contributed by atoms with van der Waals surface area (Å²) in [5.41, 5.74) is 1.60. The van der Waals surface area contributed by atoms with Crippen molar-refractivity contribution in [1.29, 1.82) is 0 Å². The number of carbonyl (C=O) groups is 2. The maximum absolute atomic E-state index is 11.9. The third-order valence-electron chi connectivity index (χ3n) is 2.95. The van der Waals surface area contributed by atoms with Crippen molar-refractivity contribution in [2.24, 2.45) is 0 Å². The van der Waals surface area contributed by atoms with Gasteiger partial charge in [0.15, 0.2) is 0 Å². The van der Waals surface area contributed by atoms with E-state index in [-0.39, 0.29) is 11.8 Å². The molecule has 0 aliphatic heterocycles. The van der Waals surface area contributed by atoms with Gasteiger partial charge in [0.1, 0.15) is 0 Å². The van der Waals surface area contributed by atoms with E-state index in [2.05, 4.69) is 10.6 Å². The molecule has 5 nitrogen and oxygen atoms in total. The number of thiophene rings is 1. The fourth-order valence-electron chi connectivity index (χ4n) is 1.85. The predicted molar refractivity (Wildman–Crippen MR) is 87.3 cm³/mol. The average Bonchev–Trinajstić information content (AvgIpc) is 3.04. The van der Waals surface area contributed by atoms with E-state index in [1.54, 1.807) is 25.3 Å². The quantitative estimate of drug-likeness (QED) is 0.770. The van der Waals surface area contributed by atoms with Gasteiger partial charge in [-0.1, -0.05) is 18.2 Å². The van der Waals surface area contributed by atoms with Crippen LogP contribution in [0.3, 0.4) is 0 Å². The maximum Gasteiger partial charge on any atom is 0.265 e. The average molecular weight is 318 g/mol. The number of nitrogens with one attached hydrogen (secondary N) is 2. The summed E-state index contributed by atoms with van der Waals surface area (Å²) in [4.78, 5) is 24.2. The molecule has 0 atom stereocenters. The maximum atomic E-state index is 11.9. The first-order valence-corrected chi connectivity index (χ1v) is 7.76. The van der Waals surface area contributed by atoms with Crippen molar-refractivity contribution in [3.63, 3.8) is 0 Å². The van der Waals surface area contributed by atoms with Gasteiger partial charge in [0, 0.05) is 19.3 Å². The predicted octanol–water partition coefficient (Wildman–Crippen LogP) is 2.31. The Morgan fingerprint density at radius 3 is 2.59 bits per heavy atom. The molecule has 0 spiro atoms. The molecule has 0 saturated heterocycles. The number of carbonyl (C=O) groups excluding carboxylic acids is 2. The van der Waals surface area contributed by atoms with Crippen molar-refractivity contribution in [3.05, 3.63) is 52.2 Å². The topological polar surface area (TPSA) is 67.4 Å². The smallest absolute Gasteiger partial charge is 0.265 e. The highest BCUT2D eigenvalue weighted by atomic mass is 32.1. The Hall–Kier alpha value is -2.18. The Kier molecular flexibility index (Phi) is 6.12. The molecular formula is C16H18N2O3S. The fourth-order valence-corrected chi connectivity index (χ4v) is 2.47. The normalized spacial score (nSPS) is 10.2.